The van der Waals surface area contributed by atoms with Crippen molar-refractivity contribution in [3.05, 3.63) is 59.4 Å². The van der Waals surface area contributed by atoms with E-state index >= 15 is 8.78 Å². The molecule has 0 heterocycles. The molecular formula is C30H33F3O6. The van der Waals surface area contributed by atoms with Gasteiger partial charge in [-0.15, -0.1) is 0 Å². The molecule has 5 rings (SSSR count). The minimum absolute atomic E-state index is 0.0912. The number of hydrogen-bond acceptors (Lipinski definition) is 6. The molecule has 1 aromatic carbocycles. The summed E-state index contributed by atoms with van der Waals surface area (Å²) in [6.07, 6.45) is -2.36. The number of rotatable bonds is 4. The van der Waals surface area contributed by atoms with Crippen molar-refractivity contribution in [2.75, 3.05) is 0 Å². The molecule has 9 atom stereocenters. The molecule has 0 amide bonds. The Labute approximate surface area is 225 Å². The minimum atomic E-state index is -2.54. The molecule has 0 bridgehead atoms. The van der Waals surface area contributed by atoms with Crippen molar-refractivity contribution >= 4 is 17.7 Å². The minimum Gasteiger partial charge on any atom is -0.458 e. The van der Waals surface area contributed by atoms with E-state index in [1.807, 2.05) is 6.07 Å². The molecule has 210 valence electrons. The van der Waals surface area contributed by atoms with Crippen molar-refractivity contribution in [2.45, 2.75) is 77.1 Å². The highest BCUT2D eigenvalue weighted by Gasteiger charge is 2.79. The second kappa shape index (κ2) is 9.04. The van der Waals surface area contributed by atoms with Crippen LogP contribution in [0, 0.1) is 28.6 Å². The molecule has 0 spiro atoms. The number of fused-ring (bicyclic) bond motifs is 5. The van der Waals surface area contributed by atoms with Crippen LogP contribution in [-0.4, -0.2) is 46.4 Å². The van der Waals surface area contributed by atoms with Crippen LogP contribution in [0.3, 0.4) is 0 Å². The van der Waals surface area contributed by atoms with Crippen LogP contribution in [0.5, 0.6) is 0 Å². The van der Waals surface area contributed by atoms with Crippen LogP contribution in [0.25, 0.3) is 0 Å². The number of ketones is 1. The molecule has 6 nitrogen and oxygen atoms in total. The number of carbonyl (C=O) groups is 3. The highest BCUT2D eigenvalue weighted by Crippen LogP contribution is 2.72. The second-order valence-electron chi connectivity index (χ2n) is 12.0. The fourth-order valence-corrected chi connectivity index (χ4v) is 8.37. The second-order valence-corrected chi connectivity index (χ2v) is 12.0. The van der Waals surface area contributed by atoms with Gasteiger partial charge in [0.15, 0.2) is 11.5 Å². The van der Waals surface area contributed by atoms with Crippen molar-refractivity contribution in [1.29, 1.82) is 0 Å². The zero-order valence-electron chi connectivity index (χ0n) is 22.4. The van der Waals surface area contributed by atoms with E-state index in [4.69, 9.17) is 9.47 Å². The van der Waals surface area contributed by atoms with Gasteiger partial charge in [0.1, 0.15) is 12.8 Å². The highest BCUT2D eigenvalue weighted by atomic mass is 19.2. The number of allylic oxidation sites excluding steroid dienone is 4. The first-order chi connectivity index (χ1) is 18.2. The number of alkyl halides is 2. The summed E-state index contributed by atoms with van der Waals surface area (Å²) < 4.78 is 59.6. The molecule has 0 aromatic heterocycles. The molecule has 0 aliphatic heterocycles. The molecule has 3 saturated carbocycles. The van der Waals surface area contributed by atoms with Gasteiger partial charge in [0.2, 0.25) is 11.4 Å². The third kappa shape index (κ3) is 3.54. The standard InChI is InChI=1S/C30H33F3O6/c1-16-12-19-20-13-21(31)24-25(32)22(35)10-11-27(24,3)29(20,33)23(36)14-28(19,4)30(16,39-17(2)34)26(37)38-15-18-8-6-5-7-9-18/h5-11,16,19-21,23,36H,12-15H2,1-4H3/t16-,19+,20+,21+,23+,27+,28+,29+,30+/m1/s1. The molecule has 4 aliphatic carbocycles. The van der Waals surface area contributed by atoms with Crippen molar-refractivity contribution in [2.24, 2.45) is 28.6 Å². The number of benzene rings is 1. The van der Waals surface area contributed by atoms with Gasteiger partial charge >= 0.3 is 11.9 Å². The van der Waals surface area contributed by atoms with Crippen LogP contribution >= 0.6 is 0 Å². The third-order valence-corrected chi connectivity index (χ3v) is 10.1. The van der Waals surface area contributed by atoms with Gasteiger partial charge in [0.25, 0.3) is 0 Å². The molecule has 9 heteroatoms. The Balaban J connectivity index is 1.59. The zero-order valence-corrected chi connectivity index (χ0v) is 22.4. The van der Waals surface area contributed by atoms with Gasteiger partial charge in [-0.1, -0.05) is 50.3 Å². The van der Waals surface area contributed by atoms with Gasteiger partial charge in [0.05, 0.1) is 6.10 Å². The van der Waals surface area contributed by atoms with Gasteiger partial charge in [-0.2, -0.15) is 0 Å². The van der Waals surface area contributed by atoms with Gasteiger partial charge in [0, 0.05) is 35.2 Å². The van der Waals surface area contributed by atoms with Crippen LogP contribution in [0.2, 0.25) is 0 Å². The number of ether oxygens (including phenoxy) is 2. The first kappa shape index (κ1) is 27.6. The lowest BCUT2D eigenvalue weighted by molar-refractivity contribution is -0.239. The fraction of sp³-hybridized carbons (Fsp3) is 0.567. The van der Waals surface area contributed by atoms with E-state index in [9.17, 15) is 23.9 Å². The summed E-state index contributed by atoms with van der Waals surface area (Å²) in [4.78, 5) is 38.3. The monoisotopic (exact) mass is 546 g/mol. The van der Waals surface area contributed by atoms with Crippen LogP contribution < -0.4 is 0 Å². The van der Waals surface area contributed by atoms with Crippen molar-refractivity contribution < 1.29 is 42.1 Å². The third-order valence-electron chi connectivity index (χ3n) is 10.1. The van der Waals surface area contributed by atoms with Crippen LogP contribution in [0.4, 0.5) is 13.2 Å². The SMILES string of the molecule is CC(=O)O[C@]1(C(=O)OCc2ccccc2)[C@H](C)C[C@H]2[C@@H]3C[C@H](F)C4=C(F)C(=O)C=C[C@]4(C)[C@@]3(F)[C@@H](O)C[C@@]21C. The maximum atomic E-state index is 17.4. The highest BCUT2D eigenvalue weighted by molar-refractivity contribution is 6.04. The molecule has 1 aromatic rings. The zero-order chi connectivity index (χ0) is 28.5. The summed E-state index contributed by atoms with van der Waals surface area (Å²) in [5, 5.41) is 11.5. The Kier molecular flexibility index (Phi) is 6.41. The Morgan fingerprint density at radius 1 is 1.13 bits per heavy atom. The quantitative estimate of drug-likeness (QED) is 0.541. The first-order valence-corrected chi connectivity index (χ1v) is 13.3. The lowest BCUT2D eigenvalue weighted by atomic mass is 9.44. The van der Waals surface area contributed by atoms with Gasteiger partial charge < -0.3 is 14.6 Å². The number of esters is 2. The van der Waals surface area contributed by atoms with E-state index in [0.29, 0.717) is 5.56 Å². The first-order valence-electron chi connectivity index (χ1n) is 13.3. The molecule has 0 unspecified atom stereocenters. The molecule has 39 heavy (non-hydrogen) atoms. The molecule has 0 saturated heterocycles. The summed E-state index contributed by atoms with van der Waals surface area (Å²) in [6.45, 7) is 5.73. The summed E-state index contributed by atoms with van der Waals surface area (Å²) in [5.74, 6) is -6.47. The average Bonchev–Trinajstić information content (AvgIpc) is 3.09. The van der Waals surface area contributed by atoms with E-state index in [2.05, 4.69) is 0 Å². The van der Waals surface area contributed by atoms with Crippen LogP contribution in [-0.2, 0) is 30.5 Å². The normalized spacial score (nSPS) is 42.9. The maximum absolute atomic E-state index is 17.4. The Bertz CT molecular complexity index is 1280. The van der Waals surface area contributed by atoms with E-state index in [-0.39, 0.29) is 19.4 Å². The van der Waals surface area contributed by atoms with E-state index in [1.54, 1.807) is 38.1 Å². The summed E-state index contributed by atoms with van der Waals surface area (Å²) >= 11 is 0. The number of hydrogen-bond donors (Lipinski definition) is 1. The summed E-state index contributed by atoms with van der Waals surface area (Å²) in [7, 11) is 0. The number of aliphatic hydroxyl groups excluding tert-OH is 1. The van der Waals surface area contributed by atoms with E-state index in [0.717, 1.165) is 19.1 Å². The number of aliphatic hydroxyl groups is 1. The molecule has 1 N–H and O–H groups in total. The Morgan fingerprint density at radius 3 is 2.44 bits per heavy atom. The van der Waals surface area contributed by atoms with Crippen molar-refractivity contribution in [3.8, 4) is 0 Å². The smallest absolute Gasteiger partial charge is 0.351 e. The lowest BCUT2D eigenvalue weighted by Crippen LogP contribution is -2.71. The fourth-order valence-electron chi connectivity index (χ4n) is 8.37. The van der Waals surface area contributed by atoms with Crippen LogP contribution in [0.1, 0.15) is 52.5 Å². The average molecular weight is 547 g/mol. The van der Waals surface area contributed by atoms with Gasteiger partial charge in [-0.05, 0) is 43.7 Å². The summed E-state index contributed by atoms with van der Waals surface area (Å²) in [5.41, 5.74) is -7.52. The molecule has 3 fully saturated rings. The van der Waals surface area contributed by atoms with Crippen molar-refractivity contribution in [3.63, 3.8) is 0 Å². The van der Waals surface area contributed by atoms with E-state index in [1.165, 1.54) is 6.92 Å². The van der Waals surface area contributed by atoms with Crippen molar-refractivity contribution in [1.82, 2.24) is 0 Å². The largest absolute Gasteiger partial charge is 0.458 e. The predicted molar refractivity (Wildman–Crippen MR) is 134 cm³/mol. The Hall–Kier alpha value is -2.94. The Morgan fingerprint density at radius 2 is 1.79 bits per heavy atom. The predicted octanol–water partition coefficient (Wildman–Crippen LogP) is 4.89. The molecule has 0 radical (unpaired) electrons. The molecular weight excluding hydrogens is 513 g/mol. The van der Waals surface area contributed by atoms with Crippen LogP contribution in [0.15, 0.2) is 53.9 Å². The van der Waals surface area contributed by atoms with Gasteiger partial charge in [-0.3, -0.25) is 9.59 Å². The number of carbonyl (C=O) groups excluding carboxylic acids is 3. The topological polar surface area (TPSA) is 89.9 Å². The maximum Gasteiger partial charge on any atom is 0.351 e. The van der Waals surface area contributed by atoms with E-state index < -0.39 is 87.7 Å². The number of halogens is 3. The van der Waals surface area contributed by atoms with Gasteiger partial charge in [-0.25, -0.2) is 18.0 Å². The molecule has 4 aliphatic rings. The lowest BCUT2D eigenvalue weighted by Gasteiger charge is -2.62. The summed E-state index contributed by atoms with van der Waals surface area (Å²) in [6, 6.07) is 8.93.